The third kappa shape index (κ3) is 2.17. The Morgan fingerprint density at radius 2 is 1.43 bits per heavy atom. The summed E-state index contributed by atoms with van der Waals surface area (Å²) in [6.45, 7) is -0.0673. The Labute approximate surface area is 120 Å². The molecule has 1 aliphatic rings. The van der Waals surface area contributed by atoms with E-state index < -0.39 is 0 Å². The van der Waals surface area contributed by atoms with Crippen LogP contribution in [0.25, 0.3) is 11.1 Å². The summed E-state index contributed by atoms with van der Waals surface area (Å²) in [6, 6.07) is 9.32. The molecule has 0 heterocycles. The Morgan fingerprint density at radius 1 is 0.857 bits per heavy atom. The number of nitrogens with zero attached hydrogens (tertiary/aromatic N) is 1. The summed E-state index contributed by atoms with van der Waals surface area (Å²) in [7, 11) is 0. The van der Waals surface area contributed by atoms with Crippen molar-refractivity contribution in [2.75, 3.05) is 13.2 Å². The number of fused-ring (bicyclic) bond motifs is 3. The van der Waals surface area contributed by atoms with E-state index in [0.29, 0.717) is 16.7 Å². The van der Waals surface area contributed by atoms with Crippen LogP contribution >= 0.6 is 0 Å². The monoisotopic (exact) mass is 283 g/mol. The molecule has 3 N–H and O–H groups in total. The normalized spacial score (nSPS) is 14.9. The average Bonchev–Trinajstić information content (AvgIpc) is 2.47. The van der Waals surface area contributed by atoms with Crippen molar-refractivity contribution in [1.82, 2.24) is 0 Å². The molecule has 0 aliphatic heterocycles. The molecule has 0 saturated heterocycles. The first kappa shape index (κ1) is 13.3. The van der Waals surface area contributed by atoms with Gasteiger partial charge in [-0.1, -0.05) is 0 Å². The number of Topliss-reactive ketones (excluding diaryl/α,β-unsaturated/α-hetero) is 1. The van der Waals surface area contributed by atoms with Gasteiger partial charge < -0.3 is 15.3 Å². The summed E-state index contributed by atoms with van der Waals surface area (Å²) in [4.78, 5) is 16.7. The average molecular weight is 283 g/mol. The highest BCUT2D eigenvalue weighted by Crippen LogP contribution is 2.36. The Balaban J connectivity index is 2.30. The van der Waals surface area contributed by atoms with E-state index in [-0.39, 0.29) is 36.1 Å². The zero-order valence-corrected chi connectivity index (χ0v) is 11.1. The van der Waals surface area contributed by atoms with Crippen LogP contribution < -0.4 is 0 Å². The topological polar surface area (TPSA) is 90.1 Å². The van der Waals surface area contributed by atoms with Crippen LogP contribution in [-0.4, -0.2) is 40.0 Å². The van der Waals surface area contributed by atoms with Crippen LogP contribution in [0.3, 0.4) is 0 Å². The SMILES string of the molecule is O=C1C(=NCCO)c2cc(O)ccc2-c2ccc(O)cc21. The second kappa shape index (κ2) is 5.03. The van der Waals surface area contributed by atoms with E-state index in [1.165, 1.54) is 24.3 Å². The number of ketones is 1. The number of aliphatic hydroxyl groups excluding tert-OH is 1. The number of benzene rings is 2. The zero-order valence-electron chi connectivity index (χ0n) is 11.1. The summed E-state index contributed by atoms with van der Waals surface area (Å²) in [5.41, 5.74) is 2.54. The number of carbonyl (C=O) groups is 1. The molecule has 0 atom stereocenters. The van der Waals surface area contributed by atoms with Gasteiger partial charge in [0.1, 0.15) is 17.2 Å². The molecule has 5 heteroatoms. The maximum absolute atomic E-state index is 12.5. The molecule has 2 aromatic rings. The Bertz CT molecular complexity index is 765. The van der Waals surface area contributed by atoms with Crippen LogP contribution in [0.1, 0.15) is 15.9 Å². The van der Waals surface area contributed by atoms with Crippen LogP contribution in [0.2, 0.25) is 0 Å². The second-order valence-electron chi connectivity index (χ2n) is 4.74. The van der Waals surface area contributed by atoms with Gasteiger partial charge in [-0.15, -0.1) is 0 Å². The predicted octanol–water partition coefficient (Wildman–Crippen LogP) is 1.74. The van der Waals surface area contributed by atoms with E-state index in [9.17, 15) is 15.0 Å². The van der Waals surface area contributed by atoms with Gasteiger partial charge in [-0.25, -0.2) is 0 Å². The van der Waals surface area contributed by atoms with Gasteiger partial charge in [-0.3, -0.25) is 9.79 Å². The van der Waals surface area contributed by atoms with Crippen LogP contribution in [0.5, 0.6) is 11.5 Å². The molecule has 0 radical (unpaired) electrons. The lowest BCUT2D eigenvalue weighted by molar-refractivity contribution is 0.106. The van der Waals surface area contributed by atoms with Crippen molar-refractivity contribution in [3.8, 4) is 22.6 Å². The molecule has 2 aromatic carbocycles. The minimum atomic E-state index is -0.326. The smallest absolute Gasteiger partial charge is 0.212 e. The summed E-state index contributed by atoms with van der Waals surface area (Å²) < 4.78 is 0. The van der Waals surface area contributed by atoms with Crippen molar-refractivity contribution in [2.24, 2.45) is 4.99 Å². The van der Waals surface area contributed by atoms with E-state index >= 15 is 0 Å². The fourth-order valence-electron chi connectivity index (χ4n) is 2.49. The van der Waals surface area contributed by atoms with Crippen molar-refractivity contribution in [3.63, 3.8) is 0 Å². The zero-order chi connectivity index (χ0) is 15.0. The molecule has 0 bridgehead atoms. The summed E-state index contributed by atoms with van der Waals surface area (Å²) in [5.74, 6) is -0.279. The Hall–Kier alpha value is -2.66. The molecule has 21 heavy (non-hydrogen) atoms. The third-order valence-electron chi connectivity index (χ3n) is 3.38. The lowest BCUT2D eigenvalue weighted by Crippen LogP contribution is -2.23. The van der Waals surface area contributed by atoms with Gasteiger partial charge in [0.2, 0.25) is 5.78 Å². The quantitative estimate of drug-likeness (QED) is 0.783. The number of phenolic OH excluding ortho intramolecular Hbond substituents is 2. The van der Waals surface area contributed by atoms with E-state index in [0.717, 1.165) is 5.56 Å². The minimum Gasteiger partial charge on any atom is -0.508 e. The van der Waals surface area contributed by atoms with Crippen LogP contribution in [0.4, 0.5) is 0 Å². The highest BCUT2D eigenvalue weighted by atomic mass is 16.3. The lowest BCUT2D eigenvalue weighted by Gasteiger charge is -2.21. The molecule has 0 fully saturated rings. The fraction of sp³-hybridized carbons (Fsp3) is 0.125. The second-order valence-corrected chi connectivity index (χ2v) is 4.74. The molecule has 0 aromatic heterocycles. The first-order chi connectivity index (χ1) is 10.1. The van der Waals surface area contributed by atoms with Gasteiger partial charge in [0.05, 0.1) is 13.2 Å². The molecule has 3 rings (SSSR count). The van der Waals surface area contributed by atoms with Gasteiger partial charge >= 0.3 is 0 Å². The first-order valence-electron chi connectivity index (χ1n) is 6.48. The molecule has 5 nitrogen and oxygen atoms in total. The van der Waals surface area contributed by atoms with E-state index in [2.05, 4.69) is 4.99 Å². The molecule has 0 unspecified atom stereocenters. The Morgan fingerprint density at radius 3 is 2.05 bits per heavy atom. The third-order valence-corrected chi connectivity index (χ3v) is 3.38. The van der Waals surface area contributed by atoms with Gasteiger partial charge in [-0.2, -0.15) is 0 Å². The fourth-order valence-corrected chi connectivity index (χ4v) is 2.49. The van der Waals surface area contributed by atoms with Gasteiger partial charge in [-0.05, 0) is 47.5 Å². The highest BCUT2D eigenvalue weighted by Gasteiger charge is 2.29. The molecule has 0 amide bonds. The maximum atomic E-state index is 12.5. The number of aliphatic hydroxyl groups is 1. The van der Waals surface area contributed by atoms with Crippen molar-refractivity contribution < 1.29 is 20.1 Å². The molecular formula is C16H13NO4. The number of carbonyl (C=O) groups excluding carboxylic acids is 1. The summed E-state index contributed by atoms with van der Waals surface area (Å²) in [5, 5.41) is 28.2. The Kier molecular flexibility index (Phi) is 3.19. The molecule has 0 spiro atoms. The minimum absolute atomic E-state index is 0.00540. The highest BCUT2D eigenvalue weighted by molar-refractivity contribution is 6.55. The molecule has 0 saturated carbocycles. The summed E-state index contributed by atoms with van der Waals surface area (Å²) >= 11 is 0. The van der Waals surface area contributed by atoms with E-state index in [4.69, 9.17) is 5.11 Å². The van der Waals surface area contributed by atoms with Crippen LogP contribution in [0, 0.1) is 0 Å². The predicted molar refractivity (Wildman–Crippen MR) is 78.0 cm³/mol. The number of aromatic hydroxyl groups is 2. The number of hydrogen-bond donors (Lipinski definition) is 3. The van der Waals surface area contributed by atoms with Crippen molar-refractivity contribution in [2.45, 2.75) is 0 Å². The van der Waals surface area contributed by atoms with E-state index in [1.807, 2.05) is 0 Å². The number of aliphatic imine (C=N–C) groups is 1. The van der Waals surface area contributed by atoms with Gasteiger partial charge in [0.25, 0.3) is 0 Å². The van der Waals surface area contributed by atoms with Gasteiger partial charge in [0.15, 0.2) is 0 Å². The maximum Gasteiger partial charge on any atom is 0.212 e. The van der Waals surface area contributed by atoms with Crippen molar-refractivity contribution in [3.05, 3.63) is 47.5 Å². The van der Waals surface area contributed by atoms with E-state index in [1.54, 1.807) is 12.1 Å². The first-order valence-corrected chi connectivity index (χ1v) is 6.48. The molecular weight excluding hydrogens is 270 g/mol. The molecule has 106 valence electrons. The van der Waals surface area contributed by atoms with Gasteiger partial charge in [0, 0.05) is 11.1 Å². The standard InChI is InChI=1S/C16H13NO4/c18-6-5-17-15-13-7-9(19)1-3-11(13)12-4-2-10(20)8-14(12)16(15)21/h1-4,7-8,18-20H,5-6H2. The van der Waals surface area contributed by atoms with Crippen LogP contribution in [-0.2, 0) is 0 Å². The van der Waals surface area contributed by atoms with Crippen LogP contribution in [0.15, 0.2) is 41.4 Å². The lowest BCUT2D eigenvalue weighted by atomic mass is 9.83. The van der Waals surface area contributed by atoms with Crippen molar-refractivity contribution in [1.29, 1.82) is 0 Å². The largest absolute Gasteiger partial charge is 0.508 e. The number of rotatable bonds is 2. The number of phenols is 2. The number of hydrogen-bond acceptors (Lipinski definition) is 5. The molecule has 1 aliphatic carbocycles. The van der Waals surface area contributed by atoms with Crippen molar-refractivity contribution >= 4 is 11.5 Å². The summed E-state index contributed by atoms with van der Waals surface area (Å²) in [6.07, 6.45) is 0.